The quantitative estimate of drug-likeness (QED) is 0.589. The first-order valence-electron chi connectivity index (χ1n) is 8.97. The van der Waals surface area contributed by atoms with Crippen LogP contribution in [0.25, 0.3) is 10.8 Å². The molecule has 0 atom stereocenters. The van der Waals surface area contributed by atoms with Gasteiger partial charge < -0.3 is 15.5 Å². The van der Waals surface area contributed by atoms with Gasteiger partial charge in [-0.15, -0.1) is 5.10 Å². The summed E-state index contributed by atoms with van der Waals surface area (Å²) in [5.74, 6) is 0.956. The smallest absolute Gasteiger partial charge is 0.170 e. The summed E-state index contributed by atoms with van der Waals surface area (Å²) in [4.78, 5) is 2.31. The summed E-state index contributed by atoms with van der Waals surface area (Å²) in [6, 6.07) is 16.6. The number of piperidine rings is 1. The number of hydrogen-bond acceptors (Lipinski definition) is 4. The Bertz CT molecular complexity index is 942. The molecule has 0 amide bonds. The van der Waals surface area contributed by atoms with Gasteiger partial charge in [0, 0.05) is 40.1 Å². The largest absolute Gasteiger partial charge is 0.360 e. The van der Waals surface area contributed by atoms with Gasteiger partial charge >= 0.3 is 0 Å². The number of nitrogens with one attached hydrogen (secondary N) is 2. The second-order valence-corrected chi connectivity index (χ2v) is 7.95. The molecule has 7 heteroatoms. The maximum absolute atomic E-state index is 5.45. The lowest BCUT2D eigenvalue weighted by molar-refractivity contribution is 0.466. The van der Waals surface area contributed by atoms with Gasteiger partial charge in [-0.1, -0.05) is 40.2 Å². The molecule has 27 heavy (non-hydrogen) atoms. The van der Waals surface area contributed by atoms with Gasteiger partial charge in [0.1, 0.15) is 0 Å². The summed E-state index contributed by atoms with van der Waals surface area (Å²) >= 11 is 9.01. The number of benzene rings is 2. The average molecular weight is 442 g/mol. The van der Waals surface area contributed by atoms with Crippen molar-refractivity contribution in [2.45, 2.75) is 18.9 Å². The molecule has 1 saturated heterocycles. The Morgan fingerprint density at radius 3 is 2.67 bits per heavy atom. The van der Waals surface area contributed by atoms with Crippen LogP contribution in [0.15, 0.2) is 59.2 Å². The fourth-order valence-electron chi connectivity index (χ4n) is 3.38. The van der Waals surface area contributed by atoms with Crippen LogP contribution in [0.3, 0.4) is 0 Å². The van der Waals surface area contributed by atoms with Crippen LogP contribution in [-0.4, -0.2) is 34.4 Å². The molecule has 2 aromatic carbocycles. The Morgan fingerprint density at radius 1 is 1.11 bits per heavy atom. The Balaban J connectivity index is 1.38. The third-order valence-electron chi connectivity index (χ3n) is 4.77. The second kappa shape index (κ2) is 8.19. The van der Waals surface area contributed by atoms with Gasteiger partial charge in [-0.2, -0.15) is 5.10 Å². The zero-order valence-corrected chi connectivity index (χ0v) is 17.1. The maximum Gasteiger partial charge on any atom is 0.170 e. The fraction of sp³-hybridized carbons (Fsp3) is 0.250. The summed E-state index contributed by atoms with van der Waals surface area (Å²) in [6.07, 6.45) is 3.82. The number of nitrogens with zero attached hydrogens (tertiary/aromatic N) is 3. The number of rotatable bonds is 3. The number of anilines is 2. The van der Waals surface area contributed by atoms with Crippen molar-refractivity contribution < 1.29 is 0 Å². The molecule has 0 radical (unpaired) electrons. The molecule has 0 bridgehead atoms. The van der Waals surface area contributed by atoms with E-state index in [1.807, 2.05) is 42.6 Å². The molecule has 1 aromatic heterocycles. The van der Waals surface area contributed by atoms with E-state index in [9.17, 15) is 0 Å². The molecule has 4 rings (SSSR count). The molecule has 2 heterocycles. The van der Waals surface area contributed by atoms with Crippen LogP contribution >= 0.6 is 28.1 Å². The first kappa shape index (κ1) is 18.1. The third-order valence-corrected chi connectivity index (χ3v) is 5.48. The van der Waals surface area contributed by atoms with E-state index >= 15 is 0 Å². The lowest BCUT2D eigenvalue weighted by atomic mass is 10.0. The van der Waals surface area contributed by atoms with Gasteiger partial charge in [0.05, 0.1) is 6.20 Å². The predicted molar refractivity (Wildman–Crippen MR) is 118 cm³/mol. The number of thiocarbonyl (C=S) groups is 1. The van der Waals surface area contributed by atoms with Crippen molar-refractivity contribution in [3.05, 3.63) is 59.2 Å². The zero-order valence-electron chi connectivity index (χ0n) is 14.7. The van der Waals surface area contributed by atoms with Gasteiger partial charge in [-0.25, -0.2) is 0 Å². The molecule has 0 aliphatic carbocycles. The van der Waals surface area contributed by atoms with Crippen molar-refractivity contribution in [3.8, 4) is 0 Å². The highest BCUT2D eigenvalue weighted by Crippen LogP contribution is 2.28. The minimum atomic E-state index is 0.361. The molecule has 5 nitrogen and oxygen atoms in total. The molecule has 1 aliphatic heterocycles. The Labute approximate surface area is 172 Å². The summed E-state index contributed by atoms with van der Waals surface area (Å²) in [6.45, 7) is 1.85. The Hall–Kier alpha value is -2.25. The summed E-state index contributed by atoms with van der Waals surface area (Å²) < 4.78 is 1.05. The van der Waals surface area contributed by atoms with Crippen molar-refractivity contribution in [1.29, 1.82) is 0 Å². The van der Waals surface area contributed by atoms with E-state index in [2.05, 4.69) is 53.8 Å². The average Bonchev–Trinajstić information content (AvgIpc) is 2.69. The minimum absolute atomic E-state index is 0.361. The van der Waals surface area contributed by atoms with Gasteiger partial charge in [-0.3, -0.25) is 0 Å². The van der Waals surface area contributed by atoms with Crippen molar-refractivity contribution >= 4 is 55.5 Å². The third kappa shape index (κ3) is 4.36. The minimum Gasteiger partial charge on any atom is -0.360 e. The van der Waals surface area contributed by atoms with Crippen LogP contribution in [0.2, 0.25) is 0 Å². The topological polar surface area (TPSA) is 53.1 Å². The van der Waals surface area contributed by atoms with Crippen LogP contribution in [0.4, 0.5) is 11.5 Å². The molecule has 2 N–H and O–H groups in total. The predicted octanol–water partition coefficient (Wildman–Crippen LogP) is 4.35. The normalized spacial score (nSPS) is 14.9. The molecular weight excluding hydrogens is 422 g/mol. The van der Waals surface area contributed by atoms with Crippen LogP contribution in [0, 0.1) is 0 Å². The SMILES string of the molecule is S=C(Nc1ccccc1)NC1CCN(c2nncc3ccc(Br)cc23)CC1. The van der Waals surface area contributed by atoms with Gasteiger partial charge in [0.25, 0.3) is 0 Å². The second-order valence-electron chi connectivity index (χ2n) is 6.63. The highest BCUT2D eigenvalue weighted by atomic mass is 79.9. The van der Waals surface area contributed by atoms with E-state index in [1.165, 1.54) is 0 Å². The molecule has 1 fully saturated rings. The fourth-order valence-corrected chi connectivity index (χ4v) is 4.02. The standard InChI is InChI=1S/C20H20BrN5S/c21-15-7-6-14-13-22-25-19(18(14)12-15)26-10-8-17(9-11-26)24-20(27)23-16-4-2-1-3-5-16/h1-7,12-13,17H,8-11H2,(H2,23,24,27). The molecule has 3 aromatic rings. The number of aromatic nitrogens is 2. The van der Waals surface area contributed by atoms with Gasteiger partial charge in [-0.05, 0) is 49.3 Å². The Morgan fingerprint density at radius 2 is 1.89 bits per heavy atom. The number of fused-ring (bicyclic) bond motifs is 1. The van der Waals surface area contributed by atoms with E-state index in [-0.39, 0.29) is 0 Å². The molecule has 0 saturated carbocycles. The van der Waals surface area contributed by atoms with E-state index in [0.29, 0.717) is 11.2 Å². The molecule has 0 spiro atoms. The van der Waals surface area contributed by atoms with E-state index in [4.69, 9.17) is 12.2 Å². The number of halogens is 1. The summed E-state index contributed by atoms with van der Waals surface area (Å²) in [5, 5.41) is 18.2. The van der Waals surface area contributed by atoms with Crippen molar-refractivity contribution in [3.63, 3.8) is 0 Å². The Kier molecular flexibility index (Phi) is 5.50. The number of para-hydroxylation sites is 1. The van der Waals surface area contributed by atoms with Crippen LogP contribution in [0.5, 0.6) is 0 Å². The first-order valence-corrected chi connectivity index (χ1v) is 10.2. The molecule has 0 unspecified atom stereocenters. The lowest BCUT2D eigenvalue weighted by Gasteiger charge is -2.34. The van der Waals surface area contributed by atoms with Gasteiger partial charge in [0.2, 0.25) is 0 Å². The maximum atomic E-state index is 5.45. The van der Waals surface area contributed by atoms with Gasteiger partial charge in [0.15, 0.2) is 10.9 Å². The van der Waals surface area contributed by atoms with E-state index in [1.54, 1.807) is 0 Å². The highest BCUT2D eigenvalue weighted by molar-refractivity contribution is 9.10. The lowest BCUT2D eigenvalue weighted by Crippen LogP contribution is -2.46. The summed E-state index contributed by atoms with van der Waals surface area (Å²) in [7, 11) is 0. The van der Waals surface area contributed by atoms with E-state index < -0.39 is 0 Å². The monoisotopic (exact) mass is 441 g/mol. The van der Waals surface area contributed by atoms with Crippen molar-refractivity contribution in [2.75, 3.05) is 23.3 Å². The molecular formula is C20H20BrN5S. The summed E-state index contributed by atoms with van der Waals surface area (Å²) in [5.41, 5.74) is 1.00. The van der Waals surface area contributed by atoms with Crippen LogP contribution in [-0.2, 0) is 0 Å². The van der Waals surface area contributed by atoms with Crippen molar-refractivity contribution in [2.24, 2.45) is 0 Å². The van der Waals surface area contributed by atoms with Crippen molar-refractivity contribution in [1.82, 2.24) is 15.5 Å². The highest BCUT2D eigenvalue weighted by Gasteiger charge is 2.22. The van der Waals surface area contributed by atoms with Crippen LogP contribution in [0.1, 0.15) is 12.8 Å². The molecule has 1 aliphatic rings. The first-order chi connectivity index (χ1) is 13.2. The molecule has 138 valence electrons. The zero-order chi connectivity index (χ0) is 18.6. The number of hydrogen-bond donors (Lipinski definition) is 2. The van der Waals surface area contributed by atoms with Crippen LogP contribution < -0.4 is 15.5 Å². The van der Waals surface area contributed by atoms with E-state index in [0.717, 1.165) is 52.7 Å².